The number of hydrogen-bond acceptors (Lipinski definition) is 5. The van der Waals surface area contributed by atoms with Crippen molar-refractivity contribution in [2.24, 2.45) is 5.92 Å². The molecule has 2 amide bonds. The van der Waals surface area contributed by atoms with Gasteiger partial charge < -0.3 is 10.2 Å². The number of nitrogens with zero attached hydrogens (tertiary/aromatic N) is 2. The number of carbonyl (C=O) groups is 2. The number of rotatable bonds is 6. The Morgan fingerprint density at radius 3 is 2.20 bits per heavy atom. The molecular formula is C21H31N3O5S. The van der Waals surface area contributed by atoms with Crippen molar-refractivity contribution in [3.05, 3.63) is 29.8 Å². The van der Waals surface area contributed by atoms with Crippen LogP contribution < -0.4 is 5.32 Å². The molecule has 30 heavy (non-hydrogen) atoms. The van der Waals surface area contributed by atoms with E-state index in [1.807, 2.05) is 4.90 Å². The Morgan fingerprint density at radius 1 is 1.03 bits per heavy atom. The van der Waals surface area contributed by atoms with E-state index in [-0.39, 0.29) is 28.7 Å². The monoisotopic (exact) mass is 437 g/mol. The van der Waals surface area contributed by atoms with Crippen molar-refractivity contribution in [3.63, 3.8) is 0 Å². The average molecular weight is 438 g/mol. The number of hydrogen-bond donors (Lipinski definition) is 1. The molecule has 0 aromatic heterocycles. The molecule has 1 heterocycles. The number of nitrogens with one attached hydrogen (secondary N) is 1. The molecule has 1 aromatic carbocycles. The largest absolute Gasteiger partial charge is 0.349 e. The highest BCUT2D eigenvalue weighted by atomic mass is 32.2. The lowest BCUT2D eigenvalue weighted by Crippen LogP contribution is -2.48. The molecule has 1 aliphatic carbocycles. The van der Waals surface area contributed by atoms with Gasteiger partial charge in [-0.1, -0.05) is 23.7 Å². The van der Waals surface area contributed by atoms with Crippen molar-refractivity contribution in [1.82, 2.24) is 14.7 Å². The summed E-state index contributed by atoms with van der Waals surface area (Å²) < 4.78 is 25.2. The summed E-state index contributed by atoms with van der Waals surface area (Å²) in [7, 11) is -1.16. The summed E-state index contributed by atoms with van der Waals surface area (Å²) >= 11 is 0. The normalized spacial score (nSPS) is 19.1. The number of benzene rings is 1. The smallest absolute Gasteiger partial charge is 0.264 e. The minimum Gasteiger partial charge on any atom is -0.349 e. The van der Waals surface area contributed by atoms with Crippen molar-refractivity contribution >= 4 is 21.8 Å². The van der Waals surface area contributed by atoms with Gasteiger partial charge in [0.2, 0.25) is 5.91 Å². The Morgan fingerprint density at radius 2 is 1.63 bits per heavy atom. The maximum absolute atomic E-state index is 12.7. The third kappa shape index (κ3) is 5.19. The van der Waals surface area contributed by atoms with Gasteiger partial charge >= 0.3 is 0 Å². The van der Waals surface area contributed by atoms with E-state index in [0.29, 0.717) is 18.7 Å². The number of likely N-dealkylation sites (tertiary alicyclic amines) is 1. The molecular weight excluding hydrogens is 406 g/mol. The van der Waals surface area contributed by atoms with E-state index in [9.17, 15) is 18.0 Å². The van der Waals surface area contributed by atoms with E-state index in [0.717, 1.165) is 43.0 Å². The van der Waals surface area contributed by atoms with Crippen molar-refractivity contribution in [2.75, 3.05) is 27.2 Å². The third-order valence-corrected chi connectivity index (χ3v) is 7.80. The maximum Gasteiger partial charge on any atom is 0.264 e. The van der Waals surface area contributed by atoms with E-state index in [1.165, 1.54) is 44.8 Å². The van der Waals surface area contributed by atoms with Crippen LogP contribution in [0, 0.1) is 5.92 Å². The van der Waals surface area contributed by atoms with E-state index in [2.05, 4.69) is 5.32 Å². The number of carbonyl (C=O) groups excluding carboxylic acids is 2. The van der Waals surface area contributed by atoms with Gasteiger partial charge in [-0.3, -0.25) is 14.4 Å². The molecule has 166 valence electrons. The van der Waals surface area contributed by atoms with Gasteiger partial charge in [0.05, 0.1) is 12.0 Å². The van der Waals surface area contributed by atoms with Gasteiger partial charge in [-0.05, 0) is 49.9 Å². The molecule has 1 saturated heterocycles. The zero-order valence-corrected chi connectivity index (χ0v) is 18.5. The van der Waals surface area contributed by atoms with Crippen LogP contribution in [0.5, 0.6) is 0 Å². The van der Waals surface area contributed by atoms with Crippen molar-refractivity contribution in [3.8, 4) is 0 Å². The molecule has 1 saturated carbocycles. The first-order valence-corrected chi connectivity index (χ1v) is 12.0. The average Bonchev–Trinajstić information content (AvgIpc) is 2.79. The van der Waals surface area contributed by atoms with Crippen LogP contribution in [0.3, 0.4) is 0 Å². The summed E-state index contributed by atoms with van der Waals surface area (Å²) in [6.45, 7) is 1.33. The summed E-state index contributed by atoms with van der Waals surface area (Å²) in [6.07, 6.45) is 6.98. The van der Waals surface area contributed by atoms with E-state index in [4.69, 9.17) is 4.84 Å². The zero-order chi connectivity index (χ0) is 21.7. The fraction of sp³-hybridized carbons (Fsp3) is 0.619. The molecule has 1 N–H and O–H groups in total. The SMILES string of the molecule is CON(C)S(=O)(=O)c1ccc(C(=O)NC2CCN(C(=O)C3CCCCC3)CC2)cc1. The predicted octanol–water partition coefficient (Wildman–Crippen LogP) is 2.17. The van der Waals surface area contributed by atoms with Crippen molar-refractivity contribution < 1.29 is 22.8 Å². The lowest BCUT2D eigenvalue weighted by atomic mass is 9.87. The van der Waals surface area contributed by atoms with Crippen molar-refractivity contribution in [1.29, 1.82) is 0 Å². The highest BCUT2D eigenvalue weighted by Crippen LogP contribution is 2.26. The lowest BCUT2D eigenvalue weighted by Gasteiger charge is -2.35. The first kappa shape index (κ1) is 22.7. The van der Waals surface area contributed by atoms with Gasteiger partial charge in [0.1, 0.15) is 0 Å². The summed E-state index contributed by atoms with van der Waals surface area (Å²) in [4.78, 5) is 32.0. The van der Waals surface area contributed by atoms with E-state index >= 15 is 0 Å². The Bertz CT molecular complexity index is 842. The number of sulfonamides is 1. The van der Waals surface area contributed by atoms with Crippen LogP contribution in [0.2, 0.25) is 0 Å². The van der Waals surface area contributed by atoms with Gasteiger partial charge in [-0.2, -0.15) is 0 Å². The number of amides is 2. The fourth-order valence-electron chi connectivity index (χ4n) is 4.15. The highest BCUT2D eigenvalue weighted by Gasteiger charge is 2.29. The molecule has 2 aliphatic rings. The minimum atomic E-state index is -3.74. The summed E-state index contributed by atoms with van der Waals surface area (Å²) in [5, 5.41) is 3.00. The standard InChI is InChI=1S/C21H31N3O5S/c1-23(29-2)30(27,28)19-10-8-16(9-11-19)20(25)22-18-12-14-24(15-13-18)21(26)17-6-4-3-5-7-17/h8-11,17-18H,3-7,12-15H2,1-2H3,(H,22,25). The molecule has 1 aromatic rings. The molecule has 8 nitrogen and oxygen atoms in total. The van der Waals surface area contributed by atoms with Gasteiger partial charge in [0, 0.05) is 37.7 Å². The summed E-state index contributed by atoms with van der Waals surface area (Å²) in [6, 6.07) is 5.79. The van der Waals surface area contributed by atoms with Crippen LogP contribution in [0.25, 0.3) is 0 Å². The molecule has 0 atom stereocenters. The second kappa shape index (κ2) is 9.89. The molecule has 0 bridgehead atoms. The second-order valence-corrected chi connectivity index (χ2v) is 9.97. The maximum atomic E-state index is 12.7. The molecule has 0 spiro atoms. The van der Waals surface area contributed by atoms with Gasteiger partial charge in [0.15, 0.2) is 0 Å². The molecule has 3 rings (SSSR count). The predicted molar refractivity (Wildman–Crippen MR) is 112 cm³/mol. The van der Waals surface area contributed by atoms with Gasteiger partial charge in [0.25, 0.3) is 15.9 Å². The van der Waals surface area contributed by atoms with Crippen LogP contribution in [-0.4, -0.2) is 62.9 Å². The fourth-order valence-corrected chi connectivity index (χ4v) is 5.12. The summed E-state index contributed by atoms with van der Waals surface area (Å²) in [5.41, 5.74) is 0.398. The molecule has 2 fully saturated rings. The van der Waals surface area contributed by atoms with Crippen LogP contribution in [0.1, 0.15) is 55.3 Å². The lowest BCUT2D eigenvalue weighted by molar-refractivity contribution is -0.137. The molecule has 1 aliphatic heterocycles. The van der Waals surface area contributed by atoms with Gasteiger partial charge in [-0.15, -0.1) is 0 Å². The molecule has 0 unspecified atom stereocenters. The first-order valence-electron chi connectivity index (χ1n) is 10.6. The Hall–Kier alpha value is -1.97. The zero-order valence-electron chi connectivity index (χ0n) is 17.7. The van der Waals surface area contributed by atoms with Crippen LogP contribution in [0.15, 0.2) is 29.2 Å². The van der Waals surface area contributed by atoms with E-state index < -0.39 is 10.0 Å². The number of piperidine rings is 1. The first-order chi connectivity index (χ1) is 14.3. The second-order valence-electron chi connectivity index (χ2n) is 8.03. The minimum absolute atomic E-state index is 0.0101. The Balaban J connectivity index is 1.51. The molecule has 0 radical (unpaired) electrons. The quantitative estimate of drug-likeness (QED) is 0.688. The highest BCUT2D eigenvalue weighted by molar-refractivity contribution is 7.89. The van der Waals surface area contributed by atoms with E-state index in [1.54, 1.807) is 0 Å². The Kier molecular flexibility index (Phi) is 7.49. The summed E-state index contributed by atoms with van der Waals surface area (Å²) in [5.74, 6) is 0.213. The van der Waals surface area contributed by atoms with Crippen LogP contribution in [0.4, 0.5) is 0 Å². The third-order valence-electron chi connectivity index (χ3n) is 6.11. The topological polar surface area (TPSA) is 96.0 Å². The van der Waals surface area contributed by atoms with Crippen LogP contribution in [-0.2, 0) is 19.7 Å². The number of hydroxylamine groups is 1. The van der Waals surface area contributed by atoms with Gasteiger partial charge in [-0.25, -0.2) is 8.42 Å². The molecule has 9 heteroatoms. The van der Waals surface area contributed by atoms with Crippen LogP contribution >= 0.6 is 0 Å². The Labute approximate surface area is 178 Å². The van der Waals surface area contributed by atoms with Crippen molar-refractivity contribution in [2.45, 2.75) is 55.9 Å².